The molecule has 1 N–H and O–H groups in total. The number of carbonyl (C=O) groups excluding carboxylic acids is 1. The maximum atomic E-state index is 14.6. The average molecular weight is 1320 g/mol. The molecule has 0 aliphatic heterocycles. The first-order valence-electron chi connectivity index (χ1n) is 29.8. The van der Waals surface area contributed by atoms with Crippen LogP contribution in [0.2, 0.25) is 5.02 Å². The summed E-state index contributed by atoms with van der Waals surface area (Å²) < 4.78 is 97.7. The van der Waals surface area contributed by atoms with Gasteiger partial charge in [-0.25, -0.2) is 29.1 Å². The molecule has 21 heteroatoms. The van der Waals surface area contributed by atoms with E-state index in [2.05, 4.69) is 15.0 Å². The monoisotopic (exact) mass is 1320 g/mol. The van der Waals surface area contributed by atoms with Gasteiger partial charge in [0.2, 0.25) is 12.0 Å². The lowest BCUT2D eigenvalue weighted by Gasteiger charge is -2.37. The predicted molar refractivity (Wildman–Crippen MR) is 357 cm³/mol. The molecule has 0 saturated carbocycles. The summed E-state index contributed by atoms with van der Waals surface area (Å²) in [6.07, 6.45) is 0.553. The highest BCUT2D eigenvalue weighted by molar-refractivity contribution is 7.86. The van der Waals surface area contributed by atoms with Crippen LogP contribution in [0.4, 0.5) is 4.39 Å². The number of halogens is 2. The Morgan fingerprint density at radius 1 is 0.702 bits per heavy atom. The van der Waals surface area contributed by atoms with Crippen LogP contribution in [-0.4, -0.2) is 86.2 Å². The van der Waals surface area contributed by atoms with Crippen molar-refractivity contribution in [2.75, 3.05) is 34.5 Å². The highest BCUT2D eigenvalue weighted by Crippen LogP contribution is 2.50. The zero-order chi connectivity index (χ0) is 66.1. The van der Waals surface area contributed by atoms with Crippen molar-refractivity contribution in [2.24, 2.45) is 0 Å². The molecule has 17 nitrogen and oxygen atoms in total. The van der Waals surface area contributed by atoms with E-state index in [4.69, 9.17) is 58.7 Å². The Morgan fingerprint density at radius 3 is 2.07 bits per heavy atom. The molecule has 0 amide bonds. The van der Waals surface area contributed by atoms with E-state index in [0.717, 1.165) is 16.7 Å². The van der Waals surface area contributed by atoms with E-state index in [1.807, 2.05) is 110 Å². The van der Waals surface area contributed by atoms with Gasteiger partial charge >= 0.3 is 5.97 Å². The zero-order valence-electron chi connectivity index (χ0n) is 52.2. The minimum atomic E-state index is -4.46. The molecule has 0 spiro atoms. The summed E-state index contributed by atoms with van der Waals surface area (Å²) in [7, 11) is 0.297. The van der Waals surface area contributed by atoms with Gasteiger partial charge in [-0.2, -0.15) is 8.42 Å². The van der Waals surface area contributed by atoms with Crippen LogP contribution in [0.15, 0.2) is 199 Å². The number of phenols is 1. The molecule has 0 aliphatic carbocycles. The highest BCUT2D eigenvalue weighted by atomic mass is 35.5. The quantitative estimate of drug-likeness (QED) is 0.0304. The number of esters is 1. The number of carbonyl (C=O) groups is 1. The summed E-state index contributed by atoms with van der Waals surface area (Å²) in [6, 6.07) is 52.3. The number of rotatable bonds is 26. The molecule has 3 aromatic heterocycles. The smallest absolute Gasteiger partial charge is 0.347 e. The molecule has 0 aliphatic rings. The molecule has 1 unspecified atom stereocenters. The number of ether oxygens (including phenoxy) is 8. The van der Waals surface area contributed by atoms with Crippen molar-refractivity contribution in [3.05, 3.63) is 244 Å². The van der Waals surface area contributed by atoms with Crippen molar-refractivity contribution < 1.29 is 64.8 Å². The van der Waals surface area contributed by atoms with Gasteiger partial charge in [0.05, 0.1) is 54.5 Å². The lowest BCUT2D eigenvalue weighted by atomic mass is 9.80. The number of methoxy groups -OCH3 is 3. The molecular weight excluding hydrogens is 1260 g/mol. The number of thiophene rings is 1. The van der Waals surface area contributed by atoms with Gasteiger partial charge < -0.3 is 43.0 Å². The summed E-state index contributed by atoms with van der Waals surface area (Å²) in [5.74, 6) is 1.89. The van der Waals surface area contributed by atoms with E-state index in [0.29, 0.717) is 88.6 Å². The molecule has 94 heavy (non-hydrogen) atoms. The summed E-state index contributed by atoms with van der Waals surface area (Å²) >= 11 is 8.56. The molecular formula is C73H64ClFN4O13S2. The van der Waals surface area contributed by atoms with E-state index in [1.165, 1.54) is 54.1 Å². The molecule has 0 fully saturated rings. The Labute approximate surface area is 552 Å². The van der Waals surface area contributed by atoms with Crippen molar-refractivity contribution in [3.63, 3.8) is 0 Å². The Kier molecular flexibility index (Phi) is 20.0. The fourth-order valence-electron chi connectivity index (χ4n) is 10.8. The van der Waals surface area contributed by atoms with Crippen molar-refractivity contribution in [2.45, 2.75) is 63.4 Å². The minimum Gasteiger partial charge on any atom is -0.508 e. The van der Waals surface area contributed by atoms with Crippen LogP contribution < -0.4 is 33.2 Å². The lowest BCUT2D eigenvalue weighted by molar-refractivity contribution is -0.151. The Morgan fingerprint density at radius 2 is 1.38 bits per heavy atom. The predicted octanol–water partition coefficient (Wildman–Crippen LogP) is 15.3. The Bertz CT molecular complexity index is 4570. The van der Waals surface area contributed by atoms with E-state index in [9.17, 15) is 22.7 Å². The molecule has 480 valence electrons. The summed E-state index contributed by atoms with van der Waals surface area (Å²) in [4.78, 5) is 33.5. The van der Waals surface area contributed by atoms with Gasteiger partial charge in [-0.3, -0.25) is 4.18 Å². The molecule has 2 atom stereocenters. The first-order chi connectivity index (χ1) is 45.5. The van der Waals surface area contributed by atoms with Gasteiger partial charge in [0.25, 0.3) is 10.1 Å². The summed E-state index contributed by atoms with van der Waals surface area (Å²) in [5.41, 5.74) is 5.55. The van der Waals surface area contributed by atoms with Crippen molar-refractivity contribution in [1.82, 2.24) is 19.9 Å². The summed E-state index contributed by atoms with van der Waals surface area (Å²) in [6.45, 7) is 6.55. The van der Waals surface area contributed by atoms with Gasteiger partial charge in [-0.15, -0.1) is 11.3 Å². The second kappa shape index (κ2) is 28.8. The maximum Gasteiger partial charge on any atom is 0.347 e. The first kappa shape index (κ1) is 65.4. The largest absolute Gasteiger partial charge is 0.508 e. The molecule has 11 aromatic rings. The number of nitrogens with zero attached hydrogens (tertiary/aromatic N) is 4. The molecule has 0 saturated heterocycles. The number of aromatic hydroxyl groups is 1. The number of phenolic OH excluding ortho intramolecular Hbond substituents is 1. The Balaban J connectivity index is 0.865. The first-order valence-corrected chi connectivity index (χ1v) is 32.4. The van der Waals surface area contributed by atoms with Crippen LogP contribution in [0.5, 0.6) is 46.1 Å². The SMILES string of the molecule is CCOC(=O)C(Cc1cc(O)ccc1OCc1ccnc(-c2ccccc2OC)n1)Oc1ncnc2sc(-c3ccc(F)cc3)c(-c3ccc(O[C@H](C)COS(=O)(=O)c4ccc(C)c(OC(c5ccccc5)(c5ccc(OC)cc5)c5ccc(OC)cc5)c4)c(Cl)c3C)c12. The third-order valence-corrected chi connectivity index (χ3v) is 18.4. The van der Waals surface area contributed by atoms with Crippen LogP contribution in [-0.2, 0) is 42.5 Å². The average Bonchev–Trinajstić information content (AvgIpc) is 1.21. The van der Waals surface area contributed by atoms with Crippen molar-refractivity contribution in [3.8, 4) is 79.1 Å². The zero-order valence-corrected chi connectivity index (χ0v) is 54.6. The van der Waals surface area contributed by atoms with Crippen LogP contribution in [0.1, 0.15) is 52.9 Å². The molecule has 3 heterocycles. The molecule has 0 radical (unpaired) electrons. The fourth-order valence-corrected chi connectivity index (χ4v) is 13.1. The van der Waals surface area contributed by atoms with E-state index < -0.39 is 46.3 Å². The van der Waals surface area contributed by atoms with E-state index >= 15 is 0 Å². The van der Waals surface area contributed by atoms with Crippen LogP contribution in [0.3, 0.4) is 0 Å². The summed E-state index contributed by atoms with van der Waals surface area (Å²) in [5, 5.41) is 11.4. The maximum absolute atomic E-state index is 14.6. The minimum absolute atomic E-state index is 0.00635. The standard InChI is InChI=1S/C73H64ClFN4O13S2/c1-8-87-72(81)64(39-48-38-54(80)27-34-60(48)88-42-53-36-37-76-69(79-53)59-16-12-13-17-61(59)86-7)91-70-66-65(68(93-71(66)78-43-77-70)47-19-25-52(75)26-20-47)58-33-35-62(67(74)46(58)4)90-45(3)41-89-94(82,83)57-32-18-44(2)63(40-57)92-73(49-14-10-9-11-15-49,50-21-28-55(84-5)29-22-50)51-23-30-56(85-6)31-24-51/h9-38,40,43,45,64,80H,8,39,41-42H2,1-7H3/t45-,64?/m1/s1. The fraction of sp³-hybridized carbons (Fsp3) is 0.192. The van der Waals surface area contributed by atoms with Crippen molar-refractivity contribution in [1.29, 1.82) is 0 Å². The number of fused-ring (bicyclic) bond motifs is 1. The molecule has 11 rings (SSSR count). The molecule has 8 aromatic carbocycles. The van der Waals surface area contributed by atoms with E-state index in [1.54, 1.807) is 90.8 Å². The normalized spacial score (nSPS) is 12.2. The number of hydrogen-bond donors (Lipinski definition) is 1. The van der Waals surface area contributed by atoms with Gasteiger partial charge in [0.15, 0.2) is 11.4 Å². The van der Waals surface area contributed by atoms with Crippen LogP contribution in [0.25, 0.3) is 43.2 Å². The topological polar surface area (TPSA) is 206 Å². The number of para-hydroxylation sites is 1. The van der Waals surface area contributed by atoms with Crippen LogP contribution in [0, 0.1) is 19.7 Å². The second-order valence-electron chi connectivity index (χ2n) is 21.6. The highest BCUT2D eigenvalue weighted by Gasteiger charge is 2.40. The van der Waals surface area contributed by atoms with Gasteiger partial charge in [0.1, 0.15) is 76.5 Å². The number of aryl methyl sites for hydroxylation is 1. The van der Waals surface area contributed by atoms with E-state index in [-0.39, 0.29) is 52.7 Å². The number of hydrogen-bond acceptors (Lipinski definition) is 18. The van der Waals surface area contributed by atoms with Gasteiger partial charge in [-0.1, -0.05) is 103 Å². The van der Waals surface area contributed by atoms with Gasteiger partial charge in [-0.05, 0) is 135 Å². The molecule has 0 bridgehead atoms. The third kappa shape index (κ3) is 14.1. The lowest BCUT2D eigenvalue weighted by Crippen LogP contribution is -2.36. The second-order valence-corrected chi connectivity index (χ2v) is 24.6. The van der Waals surface area contributed by atoms with Gasteiger partial charge in [0, 0.05) is 51.4 Å². The van der Waals surface area contributed by atoms with Crippen molar-refractivity contribution >= 4 is 49.2 Å². The number of aromatic nitrogens is 4. The third-order valence-electron chi connectivity index (χ3n) is 15.5. The van der Waals surface area contributed by atoms with Crippen LogP contribution >= 0.6 is 22.9 Å². The number of benzene rings is 8. The Hall–Kier alpha value is -10.1.